The second-order valence-electron chi connectivity index (χ2n) is 4.11. The molecule has 0 amide bonds. The highest BCUT2D eigenvalue weighted by atomic mass is 32.2. The van der Waals surface area contributed by atoms with Crippen LogP contribution in [0, 0.1) is 13.8 Å². The van der Waals surface area contributed by atoms with Gasteiger partial charge in [-0.05, 0) is 49.3 Å². The SMILES string of the molecule is CCCSCC(=O)c1cc(C)c(OC)cc1C. The molecule has 0 bridgehead atoms. The molecule has 0 aliphatic rings. The van der Waals surface area contributed by atoms with Gasteiger partial charge in [0.05, 0.1) is 12.9 Å². The first kappa shape index (κ1) is 14.1. The first-order valence-corrected chi connectivity index (χ1v) is 7.01. The highest BCUT2D eigenvalue weighted by molar-refractivity contribution is 7.99. The fraction of sp³-hybridized carbons (Fsp3) is 0.500. The molecule has 0 saturated carbocycles. The molecule has 0 aromatic heterocycles. The van der Waals surface area contributed by atoms with Crippen LogP contribution in [0.4, 0.5) is 0 Å². The summed E-state index contributed by atoms with van der Waals surface area (Å²) in [6, 6.07) is 3.87. The standard InChI is InChI=1S/C14H20O2S/c1-5-6-17-9-13(15)12-7-11(3)14(16-4)8-10(12)2/h7-8H,5-6,9H2,1-4H3. The highest BCUT2D eigenvalue weighted by Gasteiger charge is 2.11. The predicted molar refractivity (Wildman–Crippen MR) is 74.4 cm³/mol. The average Bonchev–Trinajstić information content (AvgIpc) is 2.31. The van der Waals surface area contributed by atoms with E-state index in [-0.39, 0.29) is 5.78 Å². The van der Waals surface area contributed by atoms with Gasteiger partial charge in [0, 0.05) is 5.56 Å². The number of thioether (sulfide) groups is 1. The first-order valence-electron chi connectivity index (χ1n) is 5.86. The second kappa shape index (κ2) is 6.70. The van der Waals surface area contributed by atoms with Gasteiger partial charge in [-0.25, -0.2) is 0 Å². The maximum absolute atomic E-state index is 12.0. The molecule has 1 rings (SSSR count). The van der Waals surface area contributed by atoms with Gasteiger partial charge in [0.2, 0.25) is 0 Å². The Morgan fingerprint density at radius 1 is 1.29 bits per heavy atom. The first-order chi connectivity index (χ1) is 8.10. The van der Waals surface area contributed by atoms with E-state index in [1.807, 2.05) is 26.0 Å². The number of benzene rings is 1. The maximum atomic E-state index is 12.0. The molecule has 1 aromatic rings. The summed E-state index contributed by atoms with van der Waals surface area (Å²) in [5.74, 6) is 2.67. The summed E-state index contributed by atoms with van der Waals surface area (Å²) >= 11 is 1.70. The van der Waals surface area contributed by atoms with Crippen LogP contribution in [-0.2, 0) is 0 Å². The van der Waals surface area contributed by atoms with Gasteiger partial charge in [0.25, 0.3) is 0 Å². The minimum Gasteiger partial charge on any atom is -0.496 e. The number of hydrogen-bond donors (Lipinski definition) is 0. The van der Waals surface area contributed by atoms with Gasteiger partial charge in [-0.3, -0.25) is 4.79 Å². The molecule has 2 nitrogen and oxygen atoms in total. The lowest BCUT2D eigenvalue weighted by molar-refractivity contribution is 0.102. The molecule has 0 radical (unpaired) electrons. The number of ketones is 1. The van der Waals surface area contributed by atoms with Crippen molar-refractivity contribution in [3.8, 4) is 5.75 Å². The molecule has 1 aromatic carbocycles. The van der Waals surface area contributed by atoms with E-state index in [1.54, 1.807) is 18.9 Å². The predicted octanol–water partition coefficient (Wildman–Crippen LogP) is 3.64. The molecule has 0 spiro atoms. The van der Waals surface area contributed by atoms with Crippen LogP contribution in [0.2, 0.25) is 0 Å². The number of carbonyl (C=O) groups is 1. The number of Topliss-reactive ketones (excluding diaryl/α,β-unsaturated/α-hetero) is 1. The van der Waals surface area contributed by atoms with E-state index in [4.69, 9.17) is 4.74 Å². The van der Waals surface area contributed by atoms with E-state index in [1.165, 1.54) is 0 Å². The number of methoxy groups -OCH3 is 1. The van der Waals surface area contributed by atoms with Gasteiger partial charge in [0.1, 0.15) is 5.75 Å². The fourth-order valence-electron chi connectivity index (χ4n) is 1.70. The van der Waals surface area contributed by atoms with Crippen LogP contribution in [0.5, 0.6) is 5.75 Å². The normalized spacial score (nSPS) is 10.4. The van der Waals surface area contributed by atoms with Crippen molar-refractivity contribution >= 4 is 17.5 Å². The van der Waals surface area contributed by atoms with Crippen LogP contribution in [-0.4, -0.2) is 24.4 Å². The van der Waals surface area contributed by atoms with Gasteiger partial charge >= 0.3 is 0 Å². The number of ether oxygens (including phenoxy) is 1. The Kier molecular flexibility index (Phi) is 5.56. The van der Waals surface area contributed by atoms with Crippen molar-refractivity contribution in [3.63, 3.8) is 0 Å². The lowest BCUT2D eigenvalue weighted by Gasteiger charge is -2.10. The Bertz CT molecular complexity index is 399. The molecule has 0 heterocycles. The van der Waals surface area contributed by atoms with Crippen LogP contribution in [0.25, 0.3) is 0 Å². The molecule has 0 saturated heterocycles. The number of hydrogen-bond acceptors (Lipinski definition) is 3. The molecule has 0 unspecified atom stereocenters. The van der Waals surface area contributed by atoms with Crippen molar-refractivity contribution in [2.45, 2.75) is 27.2 Å². The Balaban J connectivity index is 2.83. The largest absolute Gasteiger partial charge is 0.496 e. The van der Waals surface area contributed by atoms with Crippen molar-refractivity contribution < 1.29 is 9.53 Å². The number of rotatable bonds is 6. The third-order valence-corrected chi connectivity index (χ3v) is 3.79. The van der Waals surface area contributed by atoms with Gasteiger partial charge in [-0.2, -0.15) is 11.8 Å². The zero-order valence-electron chi connectivity index (χ0n) is 11.0. The lowest BCUT2D eigenvalue weighted by Crippen LogP contribution is -2.06. The van der Waals surface area contributed by atoms with E-state index in [2.05, 4.69) is 6.92 Å². The summed E-state index contributed by atoms with van der Waals surface area (Å²) in [5, 5.41) is 0. The van der Waals surface area contributed by atoms with E-state index < -0.39 is 0 Å². The van der Waals surface area contributed by atoms with Crippen molar-refractivity contribution in [3.05, 3.63) is 28.8 Å². The topological polar surface area (TPSA) is 26.3 Å². The Morgan fingerprint density at radius 3 is 2.59 bits per heavy atom. The van der Waals surface area contributed by atoms with Crippen LogP contribution in [0.1, 0.15) is 34.8 Å². The third-order valence-electron chi connectivity index (χ3n) is 2.62. The molecular weight excluding hydrogens is 232 g/mol. The Labute approximate surface area is 108 Å². The summed E-state index contributed by atoms with van der Waals surface area (Å²) in [6.07, 6.45) is 1.11. The minimum atomic E-state index is 0.215. The van der Waals surface area contributed by atoms with E-state index >= 15 is 0 Å². The average molecular weight is 252 g/mol. The van der Waals surface area contributed by atoms with Crippen LogP contribution in [0.15, 0.2) is 12.1 Å². The molecular formula is C14H20O2S. The molecule has 0 fully saturated rings. The summed E-state index contributed by atoms with van der Waals surface area (Å²) in [6.45, 7) is 6.05. The van der Waals surface area contributed by atoms with Crippen molar-refractivity contribution in [1.82, 2.24) is 0 Å². The molecule has 94 valence electrons. The van der Waals surface area contributed by atoms with E-state index in [9.17, 15) is 4.79 Å². The van der Waals surface area contributed by atoms with Crippen molar-refractivity contribution in [2.75, 3.05) is 18.6 Å². The highest BCUT2D eigenvalue weighted by Crippen LogP contribution is 2.23. The molecule has 0 atom stereocenters. The lowest BCUT2D eigenvalue weighted by atomic mass is 10.0. The summed E-state index contributed by atoms with van der Waals surface area (Å²) in [7, 11) is 1.65. The molecule has 3 heteroatoms. The molecule has 0 aliphatic carbocycles. The zero-order valence-corrected chi connectivity index (χ0v) is 11.8. The van der Waals surface area contributed by atoms with Gasteiger partial charge in [-0.15, -0.1) is 0 Å². The maximum Gasteiger partial charge on any atom is 0.172 e. The quantitative estimate of drug-likeness (QED) is 0.571. The molecule has 0 aliphatic heterocycles. The van der Waals surface area contributed by atoms with Crippen LogP contribution in [0.3, 0.4) is 0 Å². The fourth-order valence-corrected chi connectivity index (χ4v) is 2.47. The molecule has 17 heavy (non-hydrogen) atoms. The van der Waals surface area contributed by atoms with Crippen molar-refractivity contribution in [2.24, 2.45) is 0 Å². The Hall–Kier alpha value is -0.960. The van der Waals surface area contributed by atoms with Crippen molar-refractivity contribution in [1.29, 1.82) is 0 Å². The van der Waals surface area contributed by atoms with Gasteiger partial charge in [0.15, 0.2) is 5.78 Å². The zero-order chi connectivity index (χ0) is 12.8. The second-order valence-corrected chi connectivity index (χ2v) is 5.22. The Morgan fingerprint density at radius 2 is 2.00 bits per heavy atom. The minimum absolute atomic E-state index is 0.215. The number of carbonyl (C=O) groups excluding carboxylic acids is 1. The number of aryl methyl sites for hydroxylation is 2. The van der Waals surface area contributed by atoms with E-state index in [0.29, 0.717) is 5.75 Å². The van der Waals surface area contributed by atoms with Gasteiger partial charge in [-0.1, -0.05) is 6.92 Å². The summed E-state index contributed by atoms with van der Waals surface area (Å²) < 4.78 is 5.24. The molecule has 0 N–H and O–H groups in total. The van der Waals surface area contributed by atoms with Crippen LogP contribution < -0.4 is 4.74 Å². The summed E-state index contributed by atoms with van der Waals surface area (Å²) in [5.41, 5.74) is 2.84. The third kappa shape index (κ3) is 3.77. The van der Waals surface area contributed by atoms with Crippen LogP contribution >= 0.6 is 11.8 Å². The van der Waals surface area contributed by atoms with Gasteiger partial charge < -0.3 is 4.74 Å². The summed E-state index contributed by atoms with van der Waals surface area (Å²) in [4.78, 5) is 12.0. The smallest absolute Gasteiger partial charge is 0.172 e. The van der Waals surface area contributed by atoms with E-state index in [0.717, 1.165) is 34.6 Å². The monoisotopic (exact) mass is 252 g/mol.